The molecule has 0 radical (unpaired) electrons. The molecule has 3 aromatic rings. The van der Waals surface area contributed by atoms with Crippen LogP contribution in [0, 0.1) is 0 Å². The fourth-order valence-corrected chi connectivity index (χ4v) is 3.42. The van der Waals surface area contributed by atoms with Crippen LogP contribution in [0.3, 0.4) is 0 Å². The third-order valence-electron chi connectivity index (χ3n) is 4.59. The summed E-state index contributed by atoms with van der Waals surface area (Å²) in [5.74, 6) is 2.31. The molecule has 6 nitrogen and oxygen atoms in total. The van der Waals surface area contributed by atoms with Gasteiger partial charge in [-0.25, -0.2) is 4.98 Å². The van der Waals surface area contributed by atoms with Crippen molar-refractivity contribution >= 4 is 22.6 Å². The van der Waals surface area contributed by atoms with E-state index in [-0.39, 0.29) is 18.6 Å². The van der Waals surface area contributed by atoms with Crippen molar-refractivity contribution in [3.05, 3.63) is 48.3 Å². The molecule has 0 spiro atoms. The molecule has 24 heavy (non-hydrogen) atoms. The van der Waals surface area contributed by atoms with Gasteiger partial charge >= 0.3 is 0 Å². The van der Waals surface area contributed by atoms with Crippen molar-refractivity contribution < 1.29 is 14.3 Å². The largest absolute Gasteiger partial charge is 0.454 e. The van der Waals surface area contributed by atoms with Gasteiger partial charge in [0.25, 0.3) is 0 Å². The van der Waals surface area contributed by atoms with Gasteiger partial charge in [-0.05, 0) is 24.3 Å². The Bertz CT molecular complexity index is 917. The highest BCUT2D eigenvalue weighted by atomic mass is 16.7. The number of nitrogens with zero attached hydrogens (tertiary/aromatic N) is 2. The van der Waals surface area contributed by atoms with Gasteiger partial charge in [0.2, 0.25) is 12.7 Å². The van der Waals surface area contributed by atoms with Crippen LogP contribution >= 0.6 is 0 Å². The maximum atomic E-state index is 12.6. The van der Waals surface area contributed by atoms with E-state index in [9.17, 15) is 4.79 Å². The minimum atomic E-state index is 0.0445. The number of hydrogen-bond acceptors (Lipinski definition) is 4. The van der Waals surface area contributed by atoms with Gasteiger partial charge in [-0.1, -0.05) is 18.2 Å². The first-order valence-electron chi connectivity index (χ1n) is 7.93. The lowest BCUT2D eigenvalue weighted by atomic mass is 10.1. The summed E-state index contributed by atoms with van der Waals surface area (Å²) in [4.78, 5) is 22.3. The number of H-pyrrole nitrogens is 1. The van der Waals surface area contributed by atoms with Crippen LogP contribution in [0.15, 0.2) is 42.5 Å². The number of carbonyl (C=O) groups excluding carboxylic acids is 1. The predicted octanol–water partition coefficient (Wildman–Crippen LogP) is 2.81. The zero-order chi connectivity index (χ0) is 16.1. The Balaban J connectivity index is 1.48. The number of aromatic nitrogens is 2. The van der Waals surface area contributed by atoms with E-state index in [1.165, 1.54) is 0 Å². The van der Waals surface area contributed by atoms with Gasteiger partial charge < -0.3 is 19.4 Å². The zero-order valence-corrected chi connectivity index (χ0v) is 12.9. The number of ether oxygens (including phenoxy) is 2. The van der Waals surface area contributed by atoms with Crippen LogP contribution in [0.2, 0.25) is 0 Å². The van der Waals surface area contributed by atoms with Crippen molar-refractivity contribution in [2.45, 2.75) is 12.3 Å². The molecule has 6 heteroatoms. The molecular weight excluding hydrogens is 306 g/mol. The molecule has 2 aliphatic rings. The van der Waals surface area contributed by atoms with Crippen LogP contribution < -0.4 is 14.4 Å². The smallest absolute Gasteiger partial charge is 0.231 e. The van der Waals surface area contributed by atoms with E-state index in [2.05, 4.69) is 9.97 Å². The first kappa shape index (κ1) is 13.4. The third-order valence-corrected chi connectivity index (χ3v) is 4.59. The standard InChI is InChI=1S/C18H15N3O3/c22-16-8-11(18-19-12-4-1-2-5-13(12)20-18)9-21(16)14-6-3-7-15-17(14)24-10-23-15/h1-7,11H,8-10H2,(H,19,20)/t11-/m1/s1. The summed E-state index contributed by atoms with van der Waals surface area (Å²) in [6.07, 6.45) is 0.435. The Morgan fingerprint density at radius 1 is 1.12 bits per heavy atom. The van der Waals surface area contributed by atoms with Gasteiger partial charge in [0, 0.05) is 18.9 Å². The SMILES string of the molecule is O=C1C[C@@H](c2nc3ccccc3[nH]2)CN1c1cccc2c1OCO2. The predicted molar refractivity (Wildman–Crippen MR) is 88.4 cm³/mol. The number of nitrogens with one attached hydrogen (secondary N) is 1. The Morgan fingerprint density at radius 2 is 2.04 bits per heavy atom. The van der Waals surface area contributed by atoms with E-state index in [0.29, 0.717) is 24.5 Å². The molecule has 1 amide bonds. The van der Waals surface area contributed by atoms with Gasteiger partial charge in [-0.15, -0.1) is 0 Å². The number of fused-ring (bicyclic) bond motifs is 2. The third kappa shape index (κ3) is 1.96. The van der Waals surface area contributed by atoms with Crippen molar-refractivity contribution in [1.29, 1.82) is 0 Å². The Kier molecular flexibility index (Phi) is 2.79. The van der Waals surface area contributed by atoms with Crippen molar-refractivity contribution in [3.8, 4) is 11.5 Å². The van der Waals surface area contributed by atoms with E-state index >= 15 is 0 Å². The van der Waals surface area contributed by atoms with Gasteiger partial charge in [0.1, 0.15) is 5.82 Å². The molecule has 5 rings (SSSR count). The molecule has 1 saturated heterocycles. The van der Waals surface area contributed by atoms with Gasteiger partial charge in [0.15, 0.2) is 11.5 Å². The topological polar surface area (TPSA) is 67.5 Å². The number of aromatic amines is 1. The number of benzene rings is 2. The number of carbonyl (C=O) groups is 1. The van der Waals surface area contributed by atoms with Crippen molar-refractivity contribution in [2.75, 3.05) is 18.2 Å². The van der Waals surface area contributed by atoms with Crippen LogP contribution in [0.4, 0.5) is 5.69 Å². The summed E-state index contributed by atoms with van der Waals surface area (Å²) in [6.45, 7) is 0.778. The maximum absolute atomic E-state index is 12.6. The molecule has 3 heterocycles. The van der Waals surface area contributed by atoms with Crippen LogP contribution in [-0.4, -0.2) is 29.2 Å². The number of rotatable bonds is 2. The number of anilines is 1. The lowest BCUT2D eigenvalue weighted by Crippen LogP contribution is -2.24. The molecule has 0 aliphatic carbocycles. The number of hydrogen-bond donors (Lipinski definition) is 1. The molecule has 1 fully saturated rings. The highest BCUT2D eigenvalue weighted by Crippen LogP contribution is 2.43. The second kappa shape index (κ2) is 4.99. The Hall–Kier alpha value is -3.02. The summed E-state index contributed by atoms with van der Waals surface area (Å²) in [6, 6.07) is 13.5. The zero-order valence-electron chi connectivity index (χ0n) is 12.9. The summed E-state index contributed by atoms with van der Waals surface area (Å²) in [5.41, 5.74) is 2.69. The monoisotopic (exact) mass is 321 g/mol. The Morgan fingerprint density at radius 3 is 2.96 bits per heavy atom. The maximum Gasteiger partial charge on any atom is 0.231 e. The first-order valence-corrected chi connectivity index (χ1v) is 7.93. The molecule has 1 N–H and O–H groups in total. The van der Waals surface area contributed by atoms with E-state index in [1.54, 1.807) is 4.90 Å². The van der Waals surface area contributed by atoms with Crippen LogP contribution in [0.25, 0.3) is 11.0 Å². The van der Waals surface area contributed by atoms with Crippen molar-refractivity contribution in [2.24, 2.45) is 0 Å². The highest BCUT2D eigenvalue weighted by Gasteiger charge is 2.36. The fraction of sp³-hybridized carbons (Fsp3) is 0.222. The summed E-state index contributed by atoms with van der Waals surface area (Å²) in [5, 5.41) is 0. The number of imidazole rings is 1. The van der Waals surface area contributed by atoms with Gasteiger partial charge in [-0.2, -0.15) is 0 Å². The van der Waals surface area contributed by atoms with Crippen LogP contribution in [0.1, 0.15) is 18.2 Å². The molecule has 120 valence electrons. The lowest BCUT2D eigenvalue weighted by Gasteiger charge is -2.18. The minimum Gasteiger partial charge on any atom is -0.454 e. The van der Waals surface area contributed by atoms with Crippen LogP contribution in [0.5, 0.6) is 11.5 Å². The second-order valence-corrected chi connectivity index (χ2v) is 6.06. The lowest BCUT2D eigenvalue weighted by molar-refractivity contribution is -0.117. The summed E-state index contributed by atoms with van der Waals surface area (Å²) in [7, 11) is 0. The highest BCUT2D eigenvalue weighted by molar-refractivity contribution is 5.98. The van der Waals surface area contributed by atoms with Crippen molar-refractivity contribution in [1.82, 2.24) is 9.97 Å². The van der Waals surface area contributed by atoms with E-state index < -0.39 is 0 Å². The summed E-state index contributed by atoms with van der Waals surface area (Å²) < 4.78 is 10.9. The van der Waals surface area contributed by atoms with E-state index in [4.69, 9.17) is 9.47 Å². The number of para-hydroxylation sites is 3. The summed E-state index contributed by atoms with van der Waals surface area (Å²) >= 11 is 0. The molecule has 0 saturated carbocycles. The Labute approximate surface area is 138 Å². The van der Waals surface area contributed by atoms with Gasteiger partial charge in [-0.3, -0.25) is 4.79 Å². The molecule has 1 atom stereocenters. The van der Waals surface area contributed by atoms with E-state index in [0.717, 1.165) is 22.5 Å². The molecule has 0 bridgehead atoms. The number of amides is 1. The average molecular weight is 321 g/mol. The molecule has 1 aromatic heterocycles. The second-order valence-electron chi connectivity index (χ2n) is 6.06. The first-order chi connectivity index (χ1) is 11.8. The minimum absolute atomic E-state index is 0.0445. The van der Waals surface area contributed by atoms with Crippen LogP contribution in [-0.2, 0) is 4.79 Å². The van der Waals surface area contributed by atoms with Gasteiger partial charge in [0.05, 0.1) is 16.7 Å². The fourth-order valence-electron chi connectivity index (χ4n) is 3.42. The molecule has 2 aliphatic heterocycles. The van der Waals surface area contributed by atoms with Crippen molar-refractivity contribution in [3.63, 3.8) is 0 Å². The molecule has 2 aromatic carbocycles. The molecular formula is C18H15N3O3. The molecule has 0 unspecified atom stereocenters. The van der Waals surface area contributed by atoms with E-state index in [1.807, 2.05) is 42.5 Å². The quantitative estimate of drug-likeness (QED) is 0.788. The normalized spacial score (nSPS) is 19.4. The average Bonchev–Trinajstić information content (AvgIpc) is 3.31.